The Hall–Kier alpha value is -7.30. The minimum atomic E-state index is 0.638. The van der Waals surface area contributed by atoms with Gasteiger partial charge in [0.05, 0.1) is 0 Å². The molecule has 4 heteroatoms. The van der Waals surface area contributed by atoms with Crippen LogP contribution >= 0.6 is 0 Å². The number of nitrogens with zero attached hydrogens (tertiary/aromatic N) is 4. The Labute approximate surface area is 385 Å². The lowest BCUT2D eigenvalue weighted by atomic mass is 10.1. The molecule has 0 amide bonds. The maximum absolute atomic E-state index is 2.52. The molecule has 5 aliphatic rings. The molecular formula is C61H56N4. The van der Waals surface area contributed by atoms with Gasteiger partial charge in [-0.3, -0.25) is 0 Å². The number of allylic oxidation sites excluding steroid dienone is 11. The Balaban J connectivity index is 0.999. The molecule has 0 aliphatic heterocycles. The van der Waals surface area contributed by atoms with Gasteiger partial charge in [-0.15, -0.1) is 0 Å². The molecule has 4 nitrogen and oxygen atoms in total. The van der Waals surface area contributed by atoms with Crippen molar-refractivity contribution in [1.82, 2.24) is 0 Å². The number of hydrogen-bond donors (Lipinski definition) is 0. The minimum absolute atomic E-state index is 0.638. The van der Waals surface area contributed by atoms with Gasteiger partial charge in [0.25, 0.3) is 0 Å². The zero-order valence-corrected chi connectivity index (χ0v) is 37.6. The molecule has 4 unspecified atom stereocenters. The first kappa shape index (κ1) is 40.5. The van der Waals surface area contributed by atoms with Gasteiger partial charge in [0, 0.05) is 68.3 Å². The van der Waals surface area contributed by atoms with Crippen molar-refractivity contribution in [3.63, 3.8) is 0 Å². The van der Waals surface area contributed by atoms with Crippen molar-refractivity contribution in [3.8, 4) is 0 Å². The fourth-order valence-corrected chi connectivity index (χ4v) is 10.0. The molecular weight excluding hydrogens is 789 g/mol. The Morgan fingerprint density at radius 1 is 0.415 bits per heavy atom. The highest BCUT2D eigenvalue weighted by atomic mass is 15.2. The highest BCUT2D eigenvalue weighted by molar-refractivity contribution is 5.83. The van der Waals surface area contributed by atoms with E-state index in [0.717, 1.165) is 57.8 Å². The molecule has 0 N–H and O–H groups in total. The molecule has 0 aromatic heterocycles. The van der Waals surface area contributed by atoms with E-state index in [4.69, 9.17) is 0 Å². The van der Waals surface area contributed by atoms with E-state index in [1.807, 2.05) is 0 Å². The summed E-state index contributed by atoms with van der Waals surface area (Å²) >= 11 is 0. The van der Waals surface area contributed by atoms with E-state index in [9.17, 15) is 0 Å². The normalized spacial score (nSPS) is 20.2. The highest BCUT2D eigenvalue weighted by Gasteiger charge is 2.38. The molecule has 5 aliphatic carbocycles. The Kier molecular flexibility index (Phi) is 10.8. The maximum atomic E-state index is 2.52. The second-order valence-corrected chi connectivity index (χ2v) is 18.5. The van der Waals surface area contributed by atoms with Crippen molar-refractivity contribution in [2.45, 2.75) is 46.5 Å². The van der Waals surface area contributed by atoms with Crippen molar-refractivity contribution in [2.75, 3.05) is 19.6 Å². The Morgan fingerprint density at radius 3 is 1.54 bits per heavy atom. The number of hydrogen-bond acceptors (Lipinski definition) is 4. The zero-order valence-electron chi connectivity index (χ0n) is 37.6. The summed E-state index contributed by atoms with van der Waals surface area (Å²) in [6.07, 6.45) is 28.0. The predicted octanol–water partition coefficient (Wildman–Crippen LogP) is 16.5. The summed E-state index contributed by atoms with van der Waals surface area (Å²) in [4.78, 5) is 9.60. The van der Waals surface area contributed by atoms with Gasteiger partial charge in [0.2, 0.25) is 0 Å². The second kappa shape index (κ2) is 17.3. The van der Waals surface area contributed by atoms with Gasteiger partial charge in [0.15, 0.2) is 0 Å². The summed E-state index contributed by atoms with van der Waals surface area (Å²) in [6.45, 7) is 6.63. The van der Waals surface area contributed by atoms with Crippen molar-refractivity contribution >= 4 is 51.2 Å². The van der Waals surface area contributed by atoms with Gasteiger partial charge in [0.1, 0.15) is 0 Å². The standard InChI is InChI=1S/C61H56N4/c1-43-13-11-19-58(36-43)63(50-17-9-6-10-18-50)55-29-23-52(24-30-55)62(54-27-33-57(34-28-54)65(59-20-12-14-44(2)37-59)60-22-21-46-39-48(46)41-60)53-25-31-56(32-26-53)64(51-15-7-4-5-8-16-51)61-38-45(3)35-47-40-49(47)42-61/h4,6-34,36-38,41-42,46-49H,5,35,39-40H2,1-3H3. The summed E-state index contributed by atoms with van der Waals surface area (Å²) in [5.74, 6) is 2.76. The minimum Gasteiger partial charge on any atom is -0.311 e. The lowest BCUT2D eigenvalue weighted by molar-refractivity contribution is 0.780. The van der Waals surface area contributed by atoms with Gasteiger partial charge in [-0.1, -0.05) is 84.5 Å². The number of anilines is 9. The van der Waals surface area contributed by atoms with Gasteiger partial charge in [-0.2, -0.15) is 0 Å². The van der Waals surface area contributed by atoms with Crippen LogP contribution in [-0.4, -0.2) is 0 Å². The van der Waals surface area contributed by atoms with E-state index in [1.54, 1.807) is 0 Å². The molecule has 65 heavy (non-hydrogen) atoms. The van der Waals surface area contributed by atoms with Gasteiger partial charge in [-0.25, -0.2) is 0 Å². The monoisotopic (exact) mass is 844 g/mol. The summed E-state index contributed by atoms with van der Waals surface area (Å²) < 4.78 is 0. The first-order valence-corrected chi connectivity index (χ1v) is 23.4. The van der Waals surface area contributed by atoms with Gasteiger partial charge < -0.3 is 19.6 Å². The van der Waals surface area contributed by atoms with E-state index in [2.05, 4.69) is 253 Å². The number of fused-ring (bicyclic) bond motifs is 2. The molecule has 0 radical (unpaired) electrons. The molecule has 4 atom stereocenters. The topological polar surface area (TPSA) is 13.0 Å². The maximum Gasteiger partial charge on any atom is 0.0464 e. The summed E-state index contributed by atoms with van der Waals surface area (Å²) in [6, 6.07) is 55.6. The van der Waals surface area contributed by atoms with Crippen LogP contribution in [0.5, 0.6) is 0 Å². The first-order chi connectivity index (χ1) is 31.9. The van der Waals surface area contributed by atoms with Crippen LogP contribution in [0.1, 0.15) is 43.7 Å². The Bertz CT molecular complexity index is 2930. The second-order valence-electron chi connectivity index (χ2n) is 18.5. The summed E-state index contributed by atoms with van der Waals surface area (Å²) in [7, 11) is 0. The third-order valence-electron chi connectivity index (χ3n) is 13.5. The largest absolute Gasteiger partial charge is 0.311 e. The van der Waals surface area contributed by atoms with Crippen molar-refractivity contribution in [3.05, 3.63) is 246 Å². The van der Waals surface area contributed by atoms with Crippen LogP contribution < -0.4 is 19.6 Å². The van der Waals surface area contributed by atoms with E-state index in [0.29, 0.717) is 17.8 Å². The number of aryl methyl sites for hydroxylation is 2. The first-order valence-electron chi connectivity index (χ1n) is 23.4. The number of benzene rings is 6. The van der Waals surface area contributed by atoms with Crippen LogP contribution in [0.4, 0.5) is 51.2 Å². The third kappa shape index (κ3) is 8.57. The molecule has 0 heterocycles. The average molecular weight is 845 g/mol. The van der Waals surface area contributed by atoms with Gasteiger partial charge >= 0.3 is 0 Å². The molecule has 11 rings (SSSR count). The van der Waals surface area contributed by atoms with Crippen LogP contribution in [0.25, 0.3) is 0 Å². The number of rotatable bonds is 12. The average Bonchev–Trinajstić information content (AvgIpc) is 4.26. The van der Waals surface area contributed by atoms with Gasteiger partial charge in [-0.05, 0) is 215 Å². The molecule has 6 aromatic carbocycles. The fourth-order valence-electron chi connectivity index (χ4n) is 10.0. The fraction of sp³-hybridized carbons (Fsp3) is 0.180. The lowest BCUT2D eigenvalue weighted by Crippen LogP contribution is -2.20. The van der Waals surface area contributed by atoms with Crippen LogP contribution in [0.3, 0.4) is 0 Å². The van der Waals surface area contributed by atoms with Crippen LogP contribution in [-0.2, 0) is 0 Å². The molecule has 0 bridgehead atoms. The molecule has 0 saturated heterocycles. The molecule has 2 saturated carbocycles. The summed E-state index contributed by atoms with van der Waals surface area (Å²) in [5, 5.41) is 0. The highest BCUT2D eigenvalue weighted by Crippen LogP contribution is 2.49. The molecule has 320 valence electrons. The van der Waals surface area contributed by atoms with E-state index >= 15 is 0 Å². The predicted molar refractivity (Wildman–Crippen MR) is 274 cm³/mol. The van der Waals surface area contributed by atoms with Crippen LogP contribution in [0.15, 0.2) is 235 Å². The SMILES string of the molecule is CC1=CC(N(C2=CC=CCC=C2)c2ccc(N(c3ccc(N(C4=CC5CC5C=C4)c4cccc(C)c4)cc3)c3ccc(N(c4ccccc4)c4cccc(C)c4)cc3)cc2)=CC2CC2C1. The van der Waals surface area contributed by atoms with E-state index < -0.39 is 0 Å². The van der Waals surface area contributed by atoms with Crippen LogP contribution in [0, 0.1) is 37.5 Å². The zero-order chi connectivity index (χ0) is 43.9. The van der Waals surface area contributed by atoms with E-state index in [1.165, 1.54) is 58.7 Å². The number of para-hydroxylation sites is 1. The van der Waals surface area contributed by atoms with Crippen LogP contribution in [0.2, 0.25) is 0 Å². The molecule has 6 aromatic rings. The molecule has 0 spiro atoms. The van der Waals surface area contributed by atoms with Crippen molar-refractivity contribution in [2.24, 2.45) is 23.7 Å². The van der Waals surface area contributed by atoms with Crippen molar-refractivity contribution in [1.29, 1.82) is 0 Å². The van der Waals surface area contributed by atoms with Crippen molar-refractivity contribution < 1.29 is 0 Å². The smallest absolute Gasteiger partial charge is 0.0464 e. The molecule has 2 fully saturated rings. The van der Waals surface area contributed by atoms with E-state index in [-0.39, 0.29) is 0 Å². The quantitative estimate of drug-likeness (QED) is 0.122. The lowest BCUT2D eigenvalue weighted by Gasteiger charge is -2.31. The summed E-state index contributed by atoms with van der Waals surface area (Å²) in [5.41, 5.74) is 17.7. The third-order valence-corrected chi connectivity index (χ3v) is 13.5. The Morgan fingerprint density at radius 2 is 0.938 bits per heavy atom.